The van der Waals surface area contributed by atoms with Gasteiger partial charge in [-0.05, 0) is 74.1 Å². The summed E-state index contributed by atoms with van der Waals surface area (Å²) < 4.78 is 11.1. The number of rotatable bonds is 5. The number of carbonyl (C=O) groups excluding carboxylic acids is 2. The van der Waals surface area contributed by atoms with E-state index in [1.807, 2.05) is 13.8 Å². The Morgan fingerprint density at radius 2 is 1.79 bits per heavy atom. The summed E-state index contributed by atoms with van der Waals surface area (Å²) in [6, 6.07) is 11.8. The van der Waals surface area contributed by atoms with E-state index in [0.717, 1.165) is 0 Å². The first kappa shape index (κ1) is 20.8. The van der Waals surface area contributed by atoms with Crippen LogP contribution in [0.25, 0.3) is 6.08 Å². The maximum Gasteiger partial charge on any atom is 0.270 e. The Morgan fingerprint density at radius 1 is 1.10 bits per heavy atom. The van der Waals surface area contributed by atoms with Crippen LogP contribution >= 0.6 is 23.8 Å². The number of hydrogen-bond acceptors (Lipinski definition) is 5. The molecular weight excluding hydrogens is 412 g/mol. The van der Waals surface area contributed by atoms with Gasteiger partial charge in [-0.25, -0.2) is 0 Å². The Balaban J connectivity index is 1.97. The second-order valence-electron chi connectivity index (χ2n) is 6.51. The van der Waals surface area contributed by atoms with Gasteiger partial charge in [0.15, 0.2) is 16.6 Å². The summed E-state index contributed by atoms with van der Waals surface area (Å²) in [5, 5.41) is 3.09. The Bertz CT molecular complexity index is 1000. The lowest BCUT2D eigenvalue weighted by atomic mass is 10.1. The van der Waals surface area contributed by atoms with Crippen LogP contribution in [0.4, 0.5) is 5.69 Å². The van der Waals surface area contributed by atoms with Crippen LogP contribution in [0.3, 0.4) is 0 Å². The lowest BCUT2D eigenvalue weighted by Crippen LogP contribution is -2.54. The van der Waals surface area contributed by atoms with Crippen molar-refractivity contribution in [1.29, 1.82) is 0 Å². The standard InChI is InChI=1S/C21H19ClN2O4S/c1-12(2)28-17-9-4-13(11-18(17)27-3)10-16-19(25)23-21(29)24(20(16)26)15-7-5-14(22)6-8-15/h4-12H,1-3H3,(H,23,25,29)/b16-10-. The van der Waals surface area contributed by atoms with Crippen molar-refractivity contribution >= 4 is 52.5 Å². The number of nitrogens with zero attached hydrogens (tertiary/aromatic N) is 1. The summed E-state index contributed by atoms with van der Waals surface area (Å²) >= 11 is 11.1. The van der Waals surface area contributed by atoms with Crippen LogP contribution in [-0.4, -0.2) is 30.1 Å². The number of benzene rings is 2. The van der Waals surface area contributed by atoms with Crippen molar-refractivity contribution in [3.05, 3.63) is 58.6 Å². The molecule has 0 spiro atoms. The highest BCUT2D eigenvalue weighted by molar-refractivity contribution is 7.80. The van der Waals surface area contributed by atoms with Crippen LogP contribution in [0.1, 0.15) is 19.4 Å². The molecule has 2 aromatic rings. The van der Waals surface area contributed by atoms with Gasteiger partial charge in [-0.15, -0.1) is 0 Å². The smallest absolute Gasteiger partial charge is 0.270 e. The van der Waals surface area contributed by atoms with E-state index in [-0.39, 0.29) is 16.8 Å². The topological polar surface area (TPSA) is 67.9 Å². The molecule has 0 saturated carbocycles. The number of methoxy groups -OCH3 is 1. The number of carbonyl (C=O) groups is 2. The zero-order valence-corrected chi connectivity index (χ0v) is 17.6. The molecule has 0 aromatic heterocycles. The Labute approximate surface area is 179 Å². The maximum absolute atomic E-state index is 13.0. The van der Waals surface area contributed by atoms with Crippen molar-refractivity contribution < 1.29 is 19.1 Å². The van der Waals surface area contributed by atoms with Gasteiger partial charge in [-0.2, -0.15) is 0 Å². The SMILES string of the molecule is COc1cc(/C=C2/C(=O)NC(=S)N(c3ccc(Cl)cc3)C2=O)ccc1OC(C)C. The summed E-state index contributed by atoms with van der Waals surface area (Å²) in [7, 11) is 1.53. The molecule has 1 N–H and O–H groups in total. The molecule has 1 heterocycles. The van der Waals surface area contributed by atoms with Gasteiger partial charge in [0, 0.05) is 5.02 Å². The van der Waals surface area contributed by atoms with E-state index in [2.05, 4.69) is 5.32 Å². The average Bonchev–Trinajstić information content (AvgIpc) is 2.67. The number of amides is 2. The fourth-order valence-corrected chi connectivity index (χ4v) is 3.18. The molecule has 8 heteroatoms. The van der Waals surface area contributed by atoms with E-state index in [4.69, 9.17) is 33.3 Å². The van der Waals surface area contributed by atoms with Gasteiger partial charge in [0.2, 0.25) is 0 Å². The van der Waals surface area contributed by atoms with Crippen LogP contribution < -0.4 is 19.7 Å². The first-order valence-corrected chi connectivity index (χ1v) is 9.60. The molecular formula is C21H19ClN2O4S. The third kappa shape index (κ3) is 4.58. The predicted octanol–water partition coefficient (Wildman–Crippen LogP) is 3.97. The van der Waals surface area contributed by atoms with E-state index in [0.29, 0.717) is 27.8 Å². The van der Waals surface area contributed by atoms with Crippen molar-refractivity contribution in [2.45, 2.75) is 20.0 Å². The van der Waals surface area contributed by atoms with E-state index in [1.54, 1.807) is 42.5 Å². The zero-order valence-electron chi connectivity index (χ0n) is 16.1. The van der Waals surface area contributed by atoms with E-state index < -0.39 is 11.8 Å². The zero-order chi connectivity index (χ0) is 21.1. The number of thiocarbonyl (C=S) groups is 1. The maximum atomic E-state index is 13.0. The fourth-order valence-electron chi connectivity index (χ4n) is 2.77. The Kier molecular flexibility index (Phi) is 6.20. The van der Waals surface area contributed by atoms with E-state index in [1.165, 1.54) is 18.1 Å². The third-order valence-electron chi connectivity index (χ3n) is 4.05. The van der Waals surface area contributed by atoms with Crippen LogP contribution in [0.15, 0.2) is 48.0 Å². The number of nitrogens with one attached hydrogen (secondary N) is 1. The highest BCUT2D eigenvalue weighted by atomic mass is 35.5. The number of anilines is 1. The van der Waals surface area contributed by atoms with Gasteiger partial charge < -0.3 is 9.47 Å². The van der Waals surface area contributed by atoms with Crippen LogP contribution in [-0.2, 0) is 9.59 Å². The lowest BCUT2D eigenvalue weighted by molar-refractivity contribution is -0.122. The summed E-state index contributed by atoms with van der Waals surface area (Å²) in [4.78, 5) is 26.7. The molecule has 150 valence electrons. The normalized spacial score (nSPS) is 15.7. The van der Waals surface area contributed by atoms with Gasteiger partial charge in [-0.3, -0.25) is 19.8 Å². The van der Waals surface area contributed by atoms with Gasteiger partial charge in [0.25, 0.3) is 11.8 Å². The molecule has 0 unspecified atom stereocenters. The third-order valence-corrected chi connectivity index (χ3v) is 4.58. The second kappa shape index (κ2) is 8.63. The van der Waals surface area contributed by atoms with Crippen molar-refractivity contribution in [1.82, 2.24) is 5.32 Å². The quantitative estimate of drug-likeness (QED) is 0.441. The van der Waals surface area contributed by atoms with Gasteiger partial charge in [0.1, 0.15) is 5.57 Å². The number of hydrogen-bond donors (Lipinski definition) is 1. The van der Waals surface area contributed by atoms with E-state index in [9.17, 15) is 9.59 Å². The van der Waals surface area contributed by atoms with Gasteiger partial charge in [0.05, 0.1) is 18.9 Å². The molecule has 0 atom stereocenters. The first-order chi connectivity index (χ1) is 13.8. The highest BCUT2D eigenvalue weighted by Gasteiger charge is 2.34. The molecule has 2 amide bonds. The average molecular weight is 431 g/mol. The Hall–Kier alpha value is -2.90. The Morgan fingerprint density at radius 3 is 2.41 bits per heavy atom. The van der Waals surface area contributed by atoms with Gasteiger partial charge >= 0.3 is 0 Å². The summed E-state index contributed by atoms with van der Waals surface area (Å²) in [5.74, 6) is -0.0101. The fraction of sp³-hybridized carbons (Fsp3) is 0.190. The van der Waals surface area contributed by atoms with Crippen molar-refractivity contribution in [2.24, 2.45) is 0 Å². The molecule has 0 radical (unpaired) electrons. The first-order valence-electron chi connectivity index (χ1n) is 8.82. The predicted molar refractivity (Wildman–Crippen MR) is 116 cm³/mol. The lowest BCUT2D eigenvalue weighted by Gasteiger charge is -2.29. The summed E-state index contributed by atoms with van der Waals surface area (Å²) in [5.41, 5.74) is 1.07. The monoisotopic (exact) mass is 430 g/mol. The van der Waals surface area contributed by atoms with Crippen LogP contribution in [0.2, 0.25) is 5.02 Å². The minimum Gasteiger partial charge on any atom is -0.493 e. The minimum atomic E-state index is -0.563. The summed E-state index contributed by atoms with van der Waals surface area (Å²) in [6.07, 6.45) is 1.47. The van der Waals surface area contributed by atoms with Crippen molar-refractivity contribution in [3.8, 4) is 11.5 Å². The molecule has 0 bridgehead atoms. The molecule has 1 fully saturated rings. The summed E-state index contributed by atoms with van der Waals surface area (Å²) in [6.45, 7) is 3.82. The molecule has 1 saturated heterocycles. The highest BCUT2D eigenvalue weighted by Crippen LogP contribution is 2.30. The van der Waals surface area contributed by atoms with Gasteiger partial charge in [-0.1, -0.05) is 17.7 Å². The number of halogens is 1. The van der Waals surface area contributed by atoms with E-state index >= 15 is 0 Å². The van der Waals surface area contributed by atoms with Crippen molar-refractivity contribution in [2.75, 3.05) is 12.0 Å². The van der Waals surface area contributed by atoms with Crippen LogP contribution in [0.5, 0.6) is 11.5 Å². The minimum absolute atomic E-state index is 0.0118. The molecule has 3 rings (SSSR count). The number of ether oxygens (including phenoxy) is 2. The van der Waals surface area contributed by atoms with Crippen LogP contribution in [0, 0.1) is 0 Å². The second-order valence-corrected chi connectivity index (χ2v) is 7.33. The molecule has 2 aromatic carbocycles. The van der Waals surface area contributed by atoms with Crippen molar-refractivity contribution in [3.63, 3.8) is 0 Å². The molecule has 29 heavy (non-hydrogen) atoms. The largest absolute Gasteiger partial charge is 0.493 e. The molecule has 6 nitrogen and oxygen atoms in total. The molecule has 1 aliphatic rings. The molecule has 1 aliphatic heterocycles. The molecule has 0 aliphatic carbocycles.